The Morgan fingerprint density at radius 2 is 2.45 bits per heavy atom. The predicted molar refractivity (Wildman–Crippen MR) is 39.7 cm³/mol. The van der Waals surface area contributed by atoms with Crippen molar-refractivity contribution in [2.24, 2.45) is 0 Å². The van der Waals surface area contributed by atoms with E-state index in [4.69, 9.17) is 0 Å². The first-order valence-electron chi connectivity index (χ1n) is 2.96. The molecule has 0 aliphatic heterocycles. The smallest absolute Gasteiger partial charge is 0.332 e. The SMILES string of the molecule is CC(O)([S+]=O)c1ccncn1. The van der Waals surface area contributed by atoms with Gasteiger partial charge in [-0.05, 0) is 6.07 Å². The Morgan fingerprint density at radius 1 is 1.73 bits per heavy atom. The van der Waals surface area contributed by atoms with Gasteiger partial charge >= 0.3 is 16.6 Å². The second kappa shape index (κ2) is 2.98. The molecule has 5 heteroatoms. The van der Waals surface area contributed by atoms with Crippen molar-refractivity contribution >= 4 is 11.7 Å². The zero-order valence-corrected chi connectivity index (χ0v) is 6.71. The molecule has 0 fully saturated rings. The predicted octanol–water partition coefficient (Wildman–Crippen LogP) is 0.0697. The van der Waals surface area contributed by atoms with Crippen LogP contribution in [0.1, 0.15) is 12.6 Å². The lowest BCUT2D eigenvalue weighted by atomic mass is 10.3. The molecule has 0 bridgehead atoms. The average molecular weight is 171 g/mol. The summed E-state index contributed by atoms with van der Waals surface area (Å²) in [7, 11) is 0. The van der Waals surface area contributed by atoms with Gasteiger partial charge in [-0.15, -0.1) is 0 Å². The summed E-state index contributed by atoms with van der Waals surface area (Å²) in [5.74, 6) is 0. The molecule has 1 aromatic rings. The summed E-state index contributed by atoms with van der Waals surface area (Å²) in [5.41, 5.74) is 0.326. The minimum Gasteiger partial charge on any atom is -0.332 e. The molecule has 0 amide bonds. The van der Waals surface area contributed by atoms with Crippen LogP contribution < -0.4 is 0 Å². The number of hydrogen-bond acceptors (Lipinski definition) is 4. The van der Waals surface area contributed by atoms with Gasteiger partial charge in [-0.2, -0.15) is 0 Å². The number of aliphatic hydroxyl groups is 1. The van der Waals surface area contributed by atoms with Crippen LogP contribution in [0.4, 0.5) is 0 Å². The molecule has 0 aliphatic rings. The number of nitrogens with zero attached hydrogens (tertiary/aromatic N) is 2. The summed E-state index contributed by atoms with van der Waals surface area (Å²) in [6, 6.07) is 1.50. The molecular weight excluding hydrogens is 164 g/mol. The number of aromatic nitrogens is 2. The van der Waals surface area contributed by atoms with Crippen LogP contribution in [0.2, 0.25) is 0 Å². The Bertz CT molecular complexity index is 250. The summed E-state index contributed by atoms with van der Waals surface area (Å²) in [6.45, 7) is 1.40. The van der Waals surface area contributed by atoms with Crippen LogP contribution in [-0.2, 0) is 20.8 Å². The average Bonchev–Trinajstić information content (AvgIpc) is 2.06. The third-order valence-electron chi connectivity index (χ3n) is 1.22. The molecule has 0 saturated heterocycles. The fourth-order valence-corrected chi connectivity index (χ4v) is 0.814. The highest BCUT2D eigenvalue weighted by molar-refractivity contribution is 7.66. The van der Waals surface area contributed by atoms with Crippen molar-refractivity contribution in [2.45, 2.75) is 11.9 Å². The van der Waals surface area contributed by atoms with Gasteiger partial charge in [0.1, 0.15) is 12.0 Å². The molecule has 0 aromatic carbocycles. The van der Waals surface area contributed by atoms with E-state index in [2.05, 4.69) is 9.97 Å². The Kier molecular flexibility index (Phi) is 2.21. The first kappa shape index (κ1) is 8.16. The van der Waals surface area contributed by atoms with E-state index in [9.17, 15) is 9.32 Å². The highest BCUT2D eigenvalue weighted by Gasteiger charge is 2.39. The highest BCUT2D eigenvalue weighted by atomic mass is 32.1. The van der Waals surface area contributed by atoms with E-state index in [1.165, 1.54) is 25.5 Å². The number of rotatable bonds is 2. The molecular formula is C6H7N2O2S+. The van der Waals surface area contributed by atoms with E-state index in [0.717, 1.165) is 0 Å². The molecule has 1 atom stereocenters. The fourth-order valence-electron chi connectivity index (χ4n) is 0.608. The van der Waals surface area contributed by atoms with Crippen molar-refractivity contribution in [3.63, 3.8) is 0 Å². The molecule has 1 N–H and O–H groups in total. The topological polar surface area (TPSA) is 63.1 Å². The lowest BCUT2D eigenvalue weighted by molar-refractivity contribution is 0.149. The largest absolute Gasteiger partial charge is 0.503 e. The van der Waals surface area contributed by atoms with Crippen molar-refractivity contribution in [1.29, 1.82) is 0 Å². The van der Waals surface area contributed by atoms with Gasteiger partial charge < -0.3 is 5.11 Å². The van der Waals surface area contributed by atoms with E-state index < -0.39 is 4.93 Å². The molecule has 1 unspecified atom stereocenters. The van der Waals surface area contributed by atoms with Crippen LogP contribution in [0, 0.1) is 0 Å². The minimum atomic E-state index is -1.46. The van der Waals surface area contributed by atoms with Crippen LogP contribution >= 0.6 is 0 Å². The molecule has 4 nitrogen and oxygen atoms in total. The first-order valence-corrected chi connectivity index (χ1v) is 3.71. The molecule has 58 valence electrons. The Morgan fingerprint density at radius 3 is 2.91 bits per heavy atom. The van der Waals surface area contributed by atoms with Gasteiger partial charge in [-0.25, -0.2) is 9.97 Å². The summed E-state index contributed by atoms with van der Waals surface area (Å²) < 4.78 is 10.4. The van der Waals surface area contributed by atoms with Crippen molar-refractivity contribution in [3.05, 3.63) is 24.3 Å². The van der Waals surface area contributed by atoms with Crippen molar-refractivity contribution in [2.75, 3.05) is 0 Å². The zero-order valence-electron chi connectivity index (χ0n) is 5.89. The highest BCUT2D eigenvalue weighted by Crippen LogP contribution is 2.15. The number of hydrogen-bond donors (Lipinski definition) is 1. The van der Waals surface area contributed by atoms with Gasteiger partial charge in [0.05, 0.1) is 0 Å². The van der Waals surface area contributed by atoms with Gasteiger partial charge in [0.2, 0.25) is 0 Å². The van der Waals surface area contributed by atoms with Crippen molar-refractivity contribution < 1.29 is 9.32 Å². The van der Waals surface area contributed by atoms with E-state index in [1.54, 1.807) is 0 Å². The van der Waals surface area contributed by atoms with E-state index in [-0.39, 0.29) is 11.7 Å². The molecule has 0 spiro atoms. The maximum absolute atomic E-state index is 10.4. The van der Waals surface area contributed by atoms with Crippen LogP contribution in [-0.4, -0.2) is 15.1 Å². The van der Waals surface area contributed by atoms with E-state index >= 15 is 0 Å². The summed E-state index contributed by atoms with van der Waals surface area (Å²) >= 11 is 0.0955. The normalized spacial score (nSPS) is 15.5. The zero-order chi connectivity index (χ0) is 8.32. The van der Waals surface area contributed by atoms with E-state index in [1.807, 2.05) is 0 Å². The second-order valence-electron chi connectivity index (χ2n) is 2.16. The minimum absolute atomic E-state index is 0.0955. The van der Waals surface area contributed by atoms with Crippen LogP contribution in [0.25, 0.3) is 0 Å². The maximum Gasteiger partial charge on any atom is 0.503 e. The lowest BCUT2D eigenvalue weighted by Crippen LogP contribution is -2.20. The lowest BCUT2D eigenvalue weighted by Gasteiger charge is -2.00. The Hall–Kier alpha value is -0.940. The summed E-state index contributed by atoms with van der Waals surface area (Å²) in [6.07, 6.45) is 2.77. The van der Waals surface area contributed by atoms with Crippen LogP contribution in [0.5, 0.6) is 0 Å². The first-order chi connectivity index (χ1) is 5.17. The van der Waals surface area contributed by atoms with Crippen LogP contribution in [0.3, 0.4) is 0 Å². The maximum atomic E-state index is 10.4. The molecule has 1 heterocycles. The van der Waals surface area contributed by atoms with Gasteiger partial charge in [0, 0.05) is 17.3 Å². The van der Waals surface area contributed by atoms with Gasteiger partial charge in [0.15, 0.2) is 0 Å². The molecule has 0 aliphatic carbocycles. The summed E-state index contributed by atoms with van der Waals surface area (Å²) in [5, 5.41) is 9.35. The fraction of sp³-hybridized carbons (Fsp3) is 0.333. The van der Waals surface area contributed by atoms with Gasteiger partial charge in [-0.1, -0.05) is 0 Å². The molecule has 1 rings (SSSR count). The third-order valence-corrected chi connectivity index (χ3v) is 1.75. The van der Waals surface area contributed by atoms with Crippen molar-refractivity contribution in [1.82, 2.24) is 9.97 Å². The summed E-state index contributed by atoms with van der Waals surface area (Å²) in [4.78, 5) is 5.94. The molecule has 1 aromatic heterocycles. The standard InChI is InChI=1S/C6H7N2O2S/c1-6(9,11-10)5-2-3-7-4-8-5/h2-4,9H,1H3/q+1. The monoisotopic (exact) mass is 171 g/mol. The van der Waals surface area contributed by atoms with Crippen LogP contribution in [0.15, 0.2) is 18.6 Å². The quantitative estimate of drug-likeness (QED) is 0.505. The van der Waals surface area contributed by atoms with Gasteiger partial charge in [-0.3, -0.25) is 0 Å². The molecule has 11 heavy (non-hydrogen) atoms. The van der Waals surface area contributed by atoms with E-state index in [0.29, 0.717) is 5.69 Å². The Labute approximate surface area is 67.8 Å². The second-order valence-corrected chi connectivity index (χ2v) is 3.12. The third kappa shape index (κ3) is 1.75. The molecule has 0 saturated carbocycles. The van der Waals surface area contributed by atoms with Gasteiger partial charge in [0.25, 0.3) is 0 Å². The Balaban J connectivity index is 3.02. The molecule has 0 radical (unpaired) electrons. The van der Waals surface area contributed by atoms with Crippen molar-refractivity contribution in [3.8, 4) is 0 Å².